The second kappa shape index (κ2) is 3.50. The summed E-state index contributed by atoms with van der Waals surface area (Å²) in [5.41, 5.74) is 1.61. The minimum absolute atomic E-state index is 0.542. The summed E-state index contributed by atoms with van der Waals surface area (Å²) in [5.74, 6) is 6.33. The molecule has 0 bridgehead atoms. The van der Waals surface area contributed by atoms with Crippen LogP contribution in [0.4, 0.5) is 0 Å². The van der Waals surface area contributed by atoms with E-state index in [0.29, 0.717) is 5.75 Å². The van der Waals surface area contributed by atoms with Crippen molar-refractivity contribution in [3.05, 3.63) is 30.2 Å². The first-order valence-electron chi connectivity index (χ1n) is 3.80. The maximum Gasteiger partial charge on any atom is 0.154 e. The molecule has 0 spiro atoms. The summed E-state index contributed by atoms with van der Waals surface area (Å²) in [5, 5.41) is 4.12. The molecule has 2 aromatic rings. The Hall–Kier alpha value is -1.47. The number of imidazole rings is 1. The topological polar surface area (TPSA) is 30.2 Å². The predicted octanol–water partition coefficient (Wildman–Crippen LogP) is 1.01. The zero-order chi connectivity index (χ0) is 9.10. The SMILES string of the molecule is SCC#Cc1cnc2cccnn12. The van der Waals surface area contributed by atoms with Crippen LogP contribution in [0.1, 0.15) is 5.69 Å². The van der Waals surface area contributed by atoms with Crippen molar-refractivity contribution in [2.24, 2.45) is 0 Å². The van der Waals surface area contributed by atoms with Crippen LogP contribution in [0.15, 0.2) is 24.5 Å². The number of aromatic nitrogens is 3. The molecule has 0 N–H and O–H groups in total. The molecule has 2 heterocycles. The van der Waals surface area contributed by atoms with Gasteiger partial charge < -0.3 is 0 Å². The molecule has 0 aliphatic carbocycles. The van der Waals surface area contributed by atoms with Crippen molar-refractivity contribution < 1.29 is 0 Å². The molecule has 2 rings (SSSR count). The van der Waals surface area contributed by atoms with E-state index in [4.69, 9.17) is 0 Å². The van der Waals surface area contributed by atoms with Crippen LogP contribution in [-0.4, -0.2) is 20.4 Å². The highest BCUT2D eigenvalue weighted by molar-refractivity contribution is 7.80. The Kier molecular flexibility index (Phi) is 2.19. The number of fused-ring (bicyclic) bond motifs is 1. The lowest BCUT2D eigenvalue weighted by Gasteiger charge is -1.90. The highest BCUT2D eigenvalue weighted by Crippen LogP contribution is 2.01. The predicted molar refractivity (Wildman–Crippen MR) is 53.7 cm³/mol. The Balaban J connectivity index is 2.58. The van der Waals surface area contributed by atoms with Crippen LogP contribution in [0, 0.1) is 11.8 Å². The van der Waals surface area contributed by atoms with Crippen molar-refractivity contribution in [1.82, 2.24) is 14.6 Å². The molecule has 4 heteroatoms. The van der Waals surface area contributed by atoms with E-state index in [1.807, 2.05) is 12.1 Å². The monoisotopic (exact) mass is 189 g/mol. The lowest BCUT2D eigenvalue weighted by atomic mass is 10.5. The molecule has 0 saturated heterocycles. The van der Waals surface area contributed by atoms with E-state index >= 15 is 0 Å². The molecule has 0 atom stereocenters. The molecule has 0 aromatic carbocycles. The van der Waals surface area contributed by atoms with E-state index in [1.165, 1.54) is 0 Å². The highest BCUT2D eigenvalue weighted by atomic mass is 32.1. The van der Waals surface area contributed by atoms with Crippen LogP contribution in [0.3, 0.4) is 0 Å². The average molecular weight is 189 g/mol. The summed E-state index contributed by atoms with van der Waals surface area (Å²) in [6.07, 6.45) is 3.42. The Morgan fingerprint density at radius 3 is 3.31 bits per heavy atom. The third kappa shape index (κ3) is 1.51. The molecular formula is C9H7N3S. The van der Waals surface area contributed by atoms with Crippen LogP contribution >= 0.6 is 12.6 Å². The smallest absolute Gasteiger partial charge is 0.154 e. The zero-order valence-electron chi connectivity index (χ0n) is 6.81. The summed E-state index contributed by atoms with van der Waals surface area (Å²) < 4.78 is 1.70. The standard InChI is InChI=1S/C9H7N3S/c13-6-2-3-8-7-10-9-4-1-5-11-12(8)9/h1,4-5,7,13H,6H2. The molecule has 0 unspecified atom stereocenters. The Labute approximate surface area is 81.2 Å². The van der Waals surface area contributed by atoms with Crippen molar-refractivity contribution in [1.29, 1.82) is 0 Å². The maximum atomic E-state index is 4.14. The summed E-state index contributed by atoms with van der Waals surface area (Å²) in [6.45, 7) is 0. The van der Waals surface area contributed by atoms with Crippen molar-refractivity contribution in [2.75, 3.05) is 5.75 Å². The molecule has 2 aromatic heterocycles. The molecule has 0 amide bonds. The van der Waals surface area contributed by atoms with Crippen molar-refractivity contribution in [3.63, 3.8) is 0 Å². The molecule has 64 valence electrons. The molecule has 13 heavy (non-hydrogen) atoms. The van der Waals surface area contributed by atoms with Gasteiger partial charge >= 0.3 is 0 Å². The fourth-order valence-electron chi connectivity index (χ4n) is 1.04. The van der Waals surface area contributed by atoms with Gasteiger partial charge in [0.25, 0.3) is 0 Å². The molecular weight excluding hydrogens is 182 g/mol. The zero-order valence-corrected chi connectivity index (χ0v) is 7.70. The number of hydrogen-bond donors (Lipinski definition) is 1. The van der Waals surface area contributed by atoms with Crippen LogP contribution < -0.4 is 0 Å². The van der Waals surface area contributed by atoms with Crippen LogP contribution in [-0.2, 0) is 0 Å². The Bertz CT molecular complexity index is 478. The average Bonchev–Trinajstić information content (AvgIpc) is 2.58. The molecule has 0 fully saturated rings. The van der Waals surface area contributed by atoms with E-state index in [2.05, 4.69) is 34.6 Å². The van der Waals surface area contributed by atoms with Gasteiger partial charge in [-0.05, 0) is 18.1 Å². The molecule has 0 aliphatic heterocycles. The quantitative estimate of drug-likeness (QED) is 0.495. The lowest BCUT2D eigenvalue weighted by Crippen LogP contribution is -1.92. The van der Waals surface area contributed by atoms with Gasteiger partial charge in [0.2, 0.25) is 0 Å². The minimum Gasteiger partial charge on any atom is -0.234 e. The first-order chi connectivity index (χ1) is 6.42. The van der Waals surface area contributed by atoms with Gasteiger partial charge in [-0.2, -0.15) is 17.7 Å². The van der Waals surface area contributed by atoms with Gasteiger partial charge in [0.15, 0.2) is 5.65 Å². The largest absolute Gasteiger partial charge is 0.234 e. The van der Waals surface area contributed by atoms with Crippen molar-refractivity contribution >= 4 is 18.3 Å². The van der Waals surface area contributed by atoms with Gasteiger partial charge in [-0.1, -0.05) is 5.92 Å². The summed E-state index contributed by atoms with van der Waals surface area (Å²) >= 11 is 4.00. The molecule has 0 aliphatic rings. The van der Waals surface area contributed by atoms with Crippen molar-refractivity contribution in [3.8, 4) is 11.8 Å². The second-order valence-electron chi connectivity index (χ2n) is 2.40. The van der Waals surface area contributed by atoms with Crippen LogP contribution in [0.2, 0.25) is 0 Å². The summed E-state index contributed by atoms with van der Waals surface area (Å²) in [4.78, 5) is 4.14. The summed E-state index contributed by atoms with van der Waals surface area (Å²) in [6, 6.07) is 3.73. The van der Waals surface area contributed by atoms with Gasteiger partial charge in [-0.25, -0.2) is 9.50 Å². The van der Waals surface area contributed by atoms with Gasteiger partial charge in [-0.3, -0.25) is 0 Å². The fraction of sp³-hybridized carbons (Fsp3) is 0.111. The fourth-order valence-corrected chi connectivity index (χ4v) is 1.12. The lowest BCUT2D eigenvalue weighted by molar-refractivity contribution is 0.923. The van der Waals surface area contributed by atoms with Gasteiger partial charge in [0, 0.05) is 6.20 Å². The molecule has 0 radical (unpaired) electrons. The minimum atomic E-state index is 0.542. The van der Waals surface area contributed by atoms with E-state index in [0.717, 1.165) is 11.3 Å². The first kappa shape index (κ1) is 8.14. The normalized spacial score (nSPS) is 9.62. The third-order valence-electron chi connectivity index (χ3n) is 1.57. The van der Waals surface area contributed by atoms with E-state index in [-0.39, 0.29) is 0 Å². The second-order valence-corrected chi connectivity index (χ2v) is 2.71. The highest BCUT2D eigenvalue weighted by Gasteiger charge is 1.98. The van der Waals surface area contributed by atoms with E-state index in [9.17, 15) is 0 Å². The summed E-state index contributed by atoms with van der Waals surface area (Å²) in [7, 11) is 0. The van der Waals surface area contributed by atoms with Gasteiger partial charge in [-0.15, -0.1) is 0 Å². The van der Waals surface area contributed by atoms with Crippen LogP contribution in [0.25, 0.3) is 5.65 Å². The number of nitrogens with zero attached hydrogens (tertiary/aromatic N) is 3. The van der Waals surface area contributed by atoms with Crippen LogP contribution in [0.5, 0.6) is 0 Å². The molecule has 0 saturated carbocycles. The number of thiol groups is 1. The van der Waals surface area contributed by atoms with E-state index in [1.54, 1.807) is 16.9 Å². The Morgan fingerprint density at radius 2 is 2.46 bits per heavy atom. The maximum absolute atomic E-state index is 4.14. The first-order valence-corrected chi connectivity index (χ1v) is 4.43. The van der Waals surface area contributed by atoms with Gasteiger partial charge in [0.05, 0.1) is 11.9 Å². The van der Waals surface area contributed by atoms with E-state index < -0.39 is 0 Å². The van der Waals surface area contributed by atoms with Crippen molar-refractivity contribution in [2.45, 2.75) is 0 Å². The van der Waals surface area contributed by atoms with Gasteiger partial charge in [0.1, 0.15) is 5.69 Å². The third-order valence-corrected chi connectivity index (χ3v) is 1.73. The Morgan fingerprint density at radius 1 is 1.54 bits per heavy atom. The number of rotatable bonds is 0. The number of hydrogen-bond acceptors (Lipinski definition) is 3. The molecule has 3 nitrogen and oxygen atoms in total.